The lowest BCUT2D eigenvalue weighted by atomic mass is 10.2. The number of rotatable bonds is 2. The van der Waals surface area contributed by atoms with Crippen LogP contribution in [-0.2, 0) is 7.05 Å². The molecule has 1 aromatic carbocycles. The Labute approximate surface area is 141 Å². The highest BCUT2D eigenvalue weighted by Crippen LogP contribution is 2.28. The van der Waals surface area contributed by atoms with Crippen LogP contribution in [-0.4, -0.2) is 15.5 Å². The molecule has 1 N–H and O–H groups in total. The number of hydrogen-bond acceptors (Lipinski definition) is 4. The summed E-state index contributed by atoms with van der Waals surface area (Å²) in [5.41, 5.74) is 2.06. The minimum absolute atomic E-state index is 0.151. The van der Waals surface area contributed by atoms with E-state index in [-0.39, 0.29) is 11.5 Å². The van der Waals surface area contributed by atoms with E-state index in [1.807, 2.05) is 13.0 Å². The first kappa shape index (κ1) is 15.7. The van der Waals surface area contributed by atoms with E-state index in [0.29, 0.717) is 31.4 Å². The average Bonchev–Trinajstić information content (AvgIpc) is 2.84. The van der Waals surface area contributed by atoms with Crippen LogP contribution in [0.3, 0.4) is 0 Å². The molecule has 5 nitrogen and oxygen atoms in total. The molecule has 2 aromatic heterocycles. The second-order valence-corrected chi connectivity index (χ2v) is 6.75. The van der Waals surface area contributed by atoms with Crippen molar-refractivity contribution in [2.24, 2.45) is 7.05 Å². The predicted molar refractivity (Wildman–Crippen MR) is 93.7 cm³/mol. The van der Waals surface area contributed by atoms with Gasteiger partial charge in [0, 0.05) is 17.8 Å². The molecular formula is C16H14ClN3O2S. The quantitative estimate of drug-likeness (QED) is 0.771. The van der Waals surface area contributed by atoms with E-state index in [9.17, 15) is 9.59 Å². The number of benzene rings is 1. The fourth-order valence-corrected chi connectivity index (χ4v) is 3.54. The first-order chi connectivity index (χ1) is 10.9. The van der Waals surface area contributed by atoms with Gasteiger partial charge in [0.05, 0.1) is 16.6 Å². The molecule has 0 aliphatic rings. The lowest BCUT2D eigenvalue weighted by Crippen LogP contribution is -2.17. The van der Waals surface area contributed by atoms with Crippen molar-refractivity contribution in [3.05, 3.63) is 55.9 Å². The molecule has 3 aromatic rings. The number of halogens is 1. The Hall–Kier alpha value is -2.18. The number of anilines is 1. The molecule has 0 radical (unpaired) electrons. The molecule has 0 saturated heterocycles. The number of fused-ring (bicyclic) bond motifs is 1. The minimum Gasteiger partial charge on any atom is -0.321 e. The molecule has 118 valence electrons. The third-order valence-corrected chi connectivity index (χ3v) is 5.10. The van der Waals surface area contributed by atoms with Crippen molar-refractivity contribution in [1.82, 2.24) is 9.55 Å². The summed E-state index contributed by atoms with van der Waals surface area (Å²) in [6.45, 7) is 3.66. The lowest BCUT2D eigenvalue weighted by molar-refractivity contribution is 0.103. The van der Waals surface area contributed by atoms with Crippen LogP contribution in [0.1, 0.15) is 20.8 Å². The van der Waals surface area contributed by atoms with Crippen LogP contribution in [0.4, 0.5) is 5.69 Å². The molecule has 0 unspecified atom stereocenters. The smallest absolute Gasteiger partial charge is 0.266 e. The monoisotopic (exact) mass is 347 g/mol. The van der Waals surface area contributed by atoms with Gasteiger partial charge in [-0.25, -0.2) is 4.98 Å². The van der Waals surface area contributed by atoms with E-state index < -0.39 is 0 Å². The fourth-order valence-electron chi connectivity index (χ4n) is 2.33. The van der Waals surface area contributed by atoms with Crippen LogP contribution in [0.5, 0.6) is 0 Å². The topological polar surface area (TPSA) is 64.0 Å². The summed E-state index contributed by atoms with van der Waals surface area (Å²) in [6, 6.07) is 5.31. The summed E-state index contributed by atoms with van der Waals surface area (Å²) in [4.78, 5) is 30.1. The number of thiophene rings is 1. The highest BCUT2D eigenvalue weighted by atomic mass is 35.5. The van der Waals surface area contributed by atoms with E-state index in [0.717, 1.165) is 5.56 Å². The van der Waals surface area contributed by atoms with Crippen molar-refractivity contribution in [2.75, 3.05) is 5.32 Å². The second kappa shape index (κ2) is 5.79. The number of carbonyl (C=O) groups excluding carboxylic acids is 1. The van der Waals surface area contributed by atoms with Crippen molar-refractivity contribution < 1.29 is 4.79 Å². The van der Waals surface area contributed by atoms with Crippen LogP contribution in [0.15, 0.2) is 29.3 Å². The third-order valence-electron chi connectivity index (χ3n) is 3.66. The molecule has 3 rings (SSSR count). The number of hydrogen-bond donors (Lipinski definition) is 1. The Balaban J connectivity index is 2.05. The third kappa shape index (κ3) is 2.75. The maximum absolute atomic E-state index is 12.6. The van der Waals surface area contributed by atoms with Crippen molar-refractivity contribution in [3.63, 3.8) is 0 Å². The molecule has 23 heavy (non-hydrogen) atoms. The van der Waals surface area contributed by atoms with Crippen LogP contribution in [0.25, 0.3) is 10.2 Å². The van der Waals surface area contributed by atoms with Gasteiger partial charge >= 0.3 is 0 Å². The van der Waals surface area contributed by atoms with Gasteiger partial charge in [-0.1, -0.05) is 17.7 Å². The van der Waals surface area contributed by atoms with E-state index in [4.69, 9.17) is 11.6 Å². The lowest BCUT2D eigenvalue weighted by Gasteiger charge is -2.08. The number of aromatic nitrogens is 2. The first-order valence-corrected chi connectivity index (χ1v) is 8.10. The number of aryl methyl sites for hydroxylation is 3. The summed E-state index contributed by atoms with van der Waals surface area (Å²) in [7, 11) is 1.64. The Morgan fingerprint density at radius 2 is 2.09 bits per heavy atom. The van der Waals surface area contributed by atoms with Gasteiger partial charge in [-0.2, -0.15) is 0 Å². The van der Waals surface area contributed by atoms with Crippen LogP contribution < -0.4 is 10.9 Å². The Morgan fingerprint density at radius 1 is 1.35 bits per heavy atom. The summed E-state index contributed by atoms with van der Waals surface area (Å²) in [5, 5.41) is 3.90. The van der Waals surface area contributed by atoms with Gasteiger partial charge in [-0.05, 0) is 37.1 Å². The number of amides is 1. The predicted octanol–water partition coefficient (Wildman–Crippen LogP) is 3.52. The zero-order valence-corrected chi connectivity index (χ0v) is 14.4. The van der Waals surface area contributed by atoms with Gasteiger partial charge in [0.2, 0.25) is 0 Å². The van der Waals surface area contributed by atoms with E-state index in [1.54, 1.807) is 26.1 Å². The van der Waals surface area contributed by atoms with Crippen molar-refractivity contribution >= 4 is 44.7 Å². The maximum atomic E-state index is 12.6. The fraction of sp³-hybridized carbons (Fsp3) is 0.188. The van der Waals surface area contributed by atoms with Gasteiger partial charge in [0.25, 0.3) is 11.5 Å². The van der Waals surface area contributed by atoms with Gasteiger partial charge in [0.1, 0.15) is 4.83 Å². The maximum Gasteiger partial charge on any atom is 0.266 e. The minimum atomic E-state index is -0.266. The first-order valence-electron chi connectivity index (χ1n) is 6.90. The van der Waals surface area contributed by atoms with Gasteiger partial charge < -0.3 is 9.88 Å². The average molecular weight is 348 g/mol. The summed E-state index contributed by atoms with van der Waals surface area (Å²) in [5.74, 6) is -0.266. The van der Waals surface area contributed by atoms with E-state index in [2.05, 4.69) is 10.3 Å². The molecule has 7 heteroatoms. The molecular weight excluding hydrogens is 334 g/mol. The Morgan fingerprint density at radius 3 is 2.83 bits per heavy atom. The normalized spacial score (nSPS) is 11.0. The summed E-state index contributed by atoms with van der Waals surface area (Å²) in [6.07, 6.45) is 1.46. The number of carbonyl (C=O) groups is 1. The SMILES string of the molecule is Cc1ccc(Cl)cc1NC(=O)c1sc2ncn(C)c(=O)c2c1C. The van der Waals surface area contributed by atoms with Gasteiger partial charge in [0.15, 0.2) is 0 Å². The molecule has 0 bridgehead atoms. The van der Waals surface area contributed by atoms with Crippen molar-refractivity contribution in [2.45, 2.75) is 13.8 Å². The molecule has 0 fully saturated rings. The van der Waals surface area contributed by atoms with Gasteiger partial charge in [-0.15, -0.1) is 11.3 Å². The zero-order valence-electron chi connectivity index (χ0n) is 12.8. The number of nitrogens with zero attached hydrogens (tertiary/aromatic N) is 2. The highest BCUT2D eigenvalue weighted by molar-refractivity contribution is 7.20. The zero-order chi connectivity index (χ0) is 16.7. The molecule has 0 saturated carbocycles. The van der Waals surface area contributed by atoms with E-state index >= 15 is 0 Å². The molecule has 2 heterocycles. The van der Waals surface area contributed by atoms with Crippen LogP contribution in [0, 0.1) is 13.8 Å². The van der Waals surface area contributed by atoms with Crippen LogP contribution in [0.2, 0.25) is 5.02 Å². The number of nitrogens with one attached hydrogen (secondary N) is 1. The second-order valence-electron chi connectivity index (χ2n) is 5.31. The van der Waals surface area contributed by atoms with E-state index in [1.165, 1.54) is 22.2 Å². The Kier molecular flexibility index (Phi) is 3.95. The molecule has 0 aliphatic heterocycles. The van der Waals surface area contributed by atoms with Crippen molar-refractivity contribution in [3.8, 4) is 0 Å². The largest absolute Gasteiger partial charge is 0.321 e. The highest BCUT2D eigenvalue weighted by Gasteiger charge is 2.19. The Bertz CT molecular complexity index is 991. The standard InChI is InChI=1S/C16H14ClN3O2S/c1-8-4-5-10(17)6-11(8)19-14(21)13-9(2)12-15(23-13)18-7-20(3)16(12)22/h4-7H,1-3H3,(H,19,21). The molecule has 0 atom stereocenters. The summed E-state index contributed by atoms with van der Waals surface area (Å²) >= 11 is 7.19. The van der Waals surface area contributed by atoms with Crippen molar-refractivity contribution in [1.29, 1.82) is 0 Å². The van der Waals surface area contributed by atoms with Gasteiger partial charge in [-0.3, -0.25) is 9.59 Å². The molecule has 1 amide bonds. The summed E-state index contributed by atoms with van der Waals surface area (Å²) < 4.78 is 1.41. The van der Waals surface area contributed by atoms with Crippen LogP contribution >= 0.6 is 22.9 Å². The molecule has 0 spiro atoms. The molecule has 0 aliphatic carbocycles.